The maximum Gasteiger partial charge on any atom is 0.251 e. The first-order valence-electron chi connectivity index (χ1n) is 6.94. The van der Waals surface area contributed by atoms with Gasteiger partial charge in [0.2, 0.25) is 0 Å². The lowest BCUT2D eigenvalue weighted by Crippen LogP contribution is -2.30. The van der Waals surface area contributed by atoms with Crippen molar-refractivity contribution in [2.75, 3.05) is 13.2 Å². The number of aliphatic hydroxyl groups is 1. The van der Waals surface area contributed by atoms with Crippen molar-refractivity contribution >= 4 is 5.91 Å². The average molecular weight is 285 g/mol. The smallest absolute Gasteiger partial charge is 0.251 e. The molecule has 0 saturated heterocycles. The van der Waals surface area contributed by atoms with Crippen LogP contribution in [0.25, 0.3) is 0 Å². The summed E-state index contributed by atoms with van der Waals surface area (Å²) in [6, 6.07) is 15.9. The number of nitrogens with one attached hydrogen (secondary N) is 1. The van der Waals surface area contributed by atoms with Gasteiger partial charge in [-0.3, -0.25) is 4.79 Å². The molecule has 0 saturated carbocycles. The van der Waals surface area contributed by atoms with Crippen LogP contribution in [0.4, 0.5) is 0 Å². The van der Waals surface area contributed by atoms with E-state index in [0.717, 1.165) is 11.3 Å². The van der Waals surface area contributed by atoms with Crippen molar-refractivity contribution in [3.63, 3.8) is 0 Å². The van der Waals surface area contributed by atoms with Gasteiger partial charge in [-0.15, -0.1) is 0 Å². The number of ether oxygens (including phenoxy) is 1. The number of carbonyl (C=O) groups is 1. The SMILES string of the molecule is CCOc1ccc(C(=O)N[C@H](CO)c2ccccc2)cc1. The van der Waals surface area contributed by atoms with Crippen LogP contribution in [0.1, 0.15) is 28.9 Å². The molecule has 1 atom stereocenters. The maximum atomic E-state index is 12.2. The summed E-state index contributed by atoms with van der Waals surface area (Å²) in [4.78, 5) is 12.2. The van der Waals surface area contributed by atoms with Crippen molar-refractivity contribution in [1.29, 1.82) is 0 Å². The van der Waals surface area contributed by atoms with Gasteiger partial charge in [-0.25, -0.2) is 0 Å². The molecule has 0 spiro atoms. The molecule has 0 radical (unpaired) electrons. The summed E-state index contributed by atoms with van der Waals surface area (Å²) in [7, 11) is 0. The summed E-state index contributed by atoms with van der Waals surface area (Å²) in [6.07, 6.45) is 0. The summed E-state index contributed by atoms with van der Waals surface area (Å²) in [5.41, 5.74) is 1.41. The Kier molecular flexibility index (Phi) is 5.35. The molecule has 0 aliphatic carbocycles. The van der Waals surface area contributed by atoms with Gasteiger partial charge in [-0.05, 0) is 36.8 Å². The summed E-state index contributed by atoms with van der Waals surface area (Å²) in [5, 5.41) is 12.3. The summed E-state index contributed by atoms with van der Waals surface area (Å²) >= 11 is 0. The average Bonchev–Trinajstić information content (AvgIpc) is 2.54. The molecule has 110 valence electrons. The van der Waals surface area contributed by atoms with Crippen molar-refractivity contribution in [3.8, 4) is 5.75 Å². The van der Waals surface area contributed by atoms with Gasteiger partial charge in [0, 0.05) is 5.56 Å². The lowest BCUT2D eigenvalue weighted by Gasteiger charge is -2.16. The third kappa shape index (κ3) is 4.07. The Morgan fingerprint density at radius 2 is 1.81 bits per heavy atom. The van der Waals surface area contributed by atoms with Crippen molar-refractivity contribution in [1.82, 2.24) is 5.32 Å². The fraction of sp³-hybridized carbons (Fsp3) is 0.235. The molecule has 4 heteroatoms. The van der Waals surface area contributed by atoms with E-state index < -0.39 is 6.04 Å². The molecule has 0 bridgehead atoms. The van der Waals surface area contributed by atoms with Gasteiger partial charge in [0.1, 0.15) is 5.75 Å². The Bertz CT molecular complexity index is 566. The Morgan fingerprint density at radius 3 is 2.38 bits per heavy atom. The molecule has 4 nitrogen and oxygen atoms in total. The number of carbonyl (C=O) groups excluding carboxylic acids is 1. The number of benzene rings is 2. The molecule has 0 aliphatic rings. The molecule has 1 amide bonds. The van der Waals surface area contributed by atoms with Gasteiger partial charge in [0.25, 0.3) is 5.91 Å². The molecule has 21 heavy (non-hydrogen) atoms. The zero-order valence-corrected chi connectivity index (χ0v) is 12.0. The maximum absolute atomic E-state index is 12.2. The zero-order valence-electron chi connectivity index (χ0n) is 12.0. The van der Waals surface area contributed by atoms with Gasteiger partial charge in [-0.2, -0.15) is 0 Å². The van der Waals surface area contributed by atoms with Crippen LogP contribution in [0.5, 0.6) is 5.75 Å². The van der Waals surface area contributed by atoms with Gasteiger partial charge in [0.05, 0.1) is 19.3 Å². The molecule has 2 rings (SSSR count). The quantitative estimate of drug-likeness (QED) is 0.857. The highest BCUT2D eigenvalue weighted by molar-refractivity contribution is 5.94. The van der Waals surface area contributed by atoms with E-state index in [9.17, 15) is 9.90 Å². The van der Waals surface area contributed by atoms with Crippen LogP contribution in [0.15, 0.2) is 54.6 Å². The van der Waals surface area contributed by atoms with Crippen LogP contribution in [0, 0.1) is 0 Å². The monoisotopic (exact) mass is 285 g/mol. The fourth-order valence-corrected chi connectivity index (χ4v) is 2.03. The van der Waals surface area contributed by atoms with E-state index in [0.29, 0.717) is 12.2 Å². The fourth-order valence-electron chi connectivity index (χ4n) is 2.03. The minimum atomic E-state index is -0.412. The second kappa shape index (κ2) is 7.45. The highest BCUT2D eigenvalue weighted by atomic mass is 16.5. The minimum Gasteiger partial charge on any atom is -0.494 e. The Hall–Kier alpha value is -2.33. The molecule has 2 N–H and O–H groups in total. The van der Waals surface area contributed by atoms with E-state index >= 15 is 0 Å². The molecule has 2 aromatic rings. The molecule has 0 heterocycles. The van der Waals surface area contributed by atoms with E-state index in [1.54, 1.807) is 24.3 Å². The number of rotatable bonds is 6. The number of hydrogen-bond acceptors (Lipinski definition) is 3. The van der Waals surface area contributed by atoms with Crippen LogP contribution in [-0.4, -0.2) is 24.2 Å². The van der Waals surface area contributed by atoms with Crippen LogP contribution < -0.4 is 10.1 Å². The predicted molar refractivity (Wildman–Crippen MR) is 81.3 cm³/mol. The molecular formula is C17H19NO3. The predicted octanol–water partition coefficient (Wildman–Crippen LogP) is 2.55. The van der Waals surface area contributed by atoms with Crippen molar-refractivity contribution in [3.05, 3.63) is 65.7 Å². The topological polar surface area (TPSA) is 58.6 Å². The normalized spacial score (nSPS) is 11.7. The summed E-state index contributed by atoms with van der Waals surface area (Å²) < 4.78 is 5.34. The molecule has 0 fully saturated rings. The first-order chi connectivity index (χ1) is 10.2. The van der Waals surface area contributed by atoms with Crippen LogP contribution in [0.3, 0.4) is 0 Å². The Balaban J connectivity index is 2.05. The van der Waals surface area contributed by atoms with Crippen LogP contribution in [0.2, 0.25) is 0 Å². The van der Waals surface area contributed by atoms with Crippen molar-refractivity contribution < 1.29 is 14.6 Å². The standard InChI is InChI=1S/C17H19NO3/c1-2-21-15-10-8-14(9-11-15)17(20)18-16(12-19)13-6-4-3-5-7-13/h3-11,16,19H,2,12H2,1H3,(H,18,20)/t16-/m1/s1. The van der Waals surface area contributed by atoms with E-state index in [-0.39, 0.29) is 12.5 Å². The summed E-state index contributed by atoms with van der Waals surface area (Å²) in [6.45, 7) is 2.35. The summed E-state index contributed by atoms with van der Waals surface area (Å²) in [5.74, 6) is 0.511. The number of hydrogen-bond donors (Lipinski definition) is 2. The molecule has 0 aromatic heterocycles. The highest BCUT2D eigenvalue weighted by Crippen LogP contribution is 2.15. The van der Waals surface area contributed by atoms with E-state index in [4.69, 9.17) is 4.74 Å². The van der Waals surface area contributed by atoms with Gasteiger partial charge in [0.15, 0.2) is 0 Å². The zero-order chi connectivity index (χ0) is 15.1. The highest BCUT2D eigenvalue weighted by Gasteiger charge is 2.14. The van der Waals surface area contributed by atoms with Crippen molar-refractivity contribution in [2.24, 2.45) is 0 Å². The van der Waals surface area contributed by atoms with Crippen LogP contribution in [-0.2, 0) is 0 Å². The van der Waals surface area contributed by atoms with Crippen molar-refractivity contribution in [2.45, 2.75) is 13.0 Å². The molecule has 2 aromatic carbocycles. The Labute approximate surface area is 124 Å². The van der Waals surface area contributed by atoms with Gasteiger partial charge < -0.3 is 15.2 Å². The molecule has 0 unspecified atom stereocenters. The first-order valence-corrected chi connectivity index (χ1v) is 6.94. The van der Waals surface area contributed by atoms with E-state index in [1.807, 2.05) is 37.3 Å². The van der Waals surface area contributed by atoms with E-state index in [1.165, 1.54) is 0 Å². The first kappa shape index (κ1) is 15.1. The largest absolute Gasteiger partial charge is 0.494 e. The van der Waals surface area contributed by atoms with Gasteiger partial charge >= 0.3 is 0 Å². The Morgan fingerprint density at radius 1 is 1.14 bits per heavy atom. The second-order valence-electron chi connectivity index (χ2n) is 4.58. The molecule has 0 aliphatic heterocycles. The molecular weight excluding hydrogens is 266 g/mol. The third-order valence-corrected chi connectivity index (χ3v) is 3.12. The number of amides is 1. The van der Waals surface area contributed by atoms with Gasteiger partial charge in [-0.1, -0.05) is 30.3 Å². The lowest BCUT2D eigenvalue weighted by molar-refractivity contribution is 0.0916. The third-order valence-electron chi connectivity index (χ3n) is 3.12. The van der Waals surface area contributed by atoms with Crippen LogP contribution >= 0.6 is 0 Å². The second-order valence-corrected chi connectivity index (χ2v) is 4.58. The number of aliphatic hydroxyl groups excluding tert-OH is 1. The minimum absolute atomic E-state index is 0.146. The lowest BCUT2D eigenvalue weighted by atomic mass is 10.1. The van der Waals surface area contributed by atoms with E-state index in [2.05, 4.69) is 5.32 Å².